The summed E-state index contributed by atoms with van der Waals surface area (Å²) in [5, 5.41) is 3.00. The monoisotopic (exact) mass is 396 g/mol. The van der Waals surface area contributed by atoms with Gasteiger partial charge in [-0.3, -0.25) is 9.59 Å². The third-order valence-corrected chi connectivity index (χ3v) is 5.23. The van der Waals surface area contributed by atoms with Crippen LogP contribution in [0.5, 0.6) is 11.5 Å². The Morgan fingerprint density at radius 3 is 2.38 bits per heavy atom. The van der Waals surface area contributed by atoms with Gasteiger partial charge in [-0.15, -0.1) is 0 Å². The van der Waals surface area contributed by atoms with E-state index in [1.807, 2.05) is 50.2 Å². The summed E-state index contributed by atoms with van der Waals surface area (Å²) in [7, 11) is 3.21. The second-order valence-electron chi connectivity index (χ2n) is 7.56. The number of hydrogen-bond acceptors (Lipinski definition) is 4. The zero-order valence-corrected chi connectivity index (χ0v) is 17.3. The number of hydrogen-bond donors (Lipinski definition) is 1. The van der Waals surface area contributed by atoms with Crippen LogP contribution < -0.4 is 14.8 Å². The number of ether oxygens (including phenoxy) is 2. The number of likely N-dealkylation sites (tertiary alicyclic amines) is 1. The molecule has 154 valence electrons. The molecule has 29 heavy (non-hydrogen) atoms. The molecule has 6 heteroatoms. The fourth-order valence-electron chi connectivity index (χ4n) is 3.83. The Morgan fingerprint density at radius 1 is 1.03 bits per heavy atom. The van der Waals surface area contributed by atoms with Crippen molar-refractivity contribution in [2.24, 2.45) is 5.92 Å². The Labute approximate surface area is 171 Å². The van der Waals surface area contributed by atoms with Crippen LogP contribution in [0.15, 0.2) is 48.5 Å². The molecule has 0 spiro atoms. The van der Waals surface area contributed by atoms with E-state index in [4.69, 9.17) is 9.47 Å². The highest BCUT2D eigenvalue weighted by Gasteiger charge is 2.42. The number of amides is 2. The van der Waals surface area contributed by atoms with E-state index in [2.05, 4.69) is 5.32 Å². The maximum atomic E-state index is 13.0. The summed E-state index contributed by atoms with van der Waals surface area (Å²) in [5.41, 5.74) is 1.49. The SMILES string of the molecule is COc1ccc(OC)c([C@@H]2CN(C(=O)c3ccccc3)C[C@@H]2C(=O)NC(C)C)c1. The largest absolute Gasteiger partial charge is 0.497 e. The predicted octanol–water partition coefficient (Wildman–Crippen LogP) is 3.08. The summed E-state index contributed by atoms with van der Waals surface area (Å²) in [6.45, 7) is 4.66. The van der Waals surface area contributed by atoms with Gasteiger partial charge in [0.2, 0.25) is 5.91 Å². The standard InChI is InChI=1S/C23H28N2O4/c1-15(2)24-22(26)20-14-25(23(27)16-8-6-5-7-9-16)13-19(20)18-12-17(28-3)10-11-21(18)29-4/h5-12,15,19-20H,13-14H2,1-4H3,(H,24,26)/t19-,20-/m0/s1. The first-order chi connectivity index (χ1) is 13.9. The highest BCUT2D eigenvalue weighted by atomic mass is 16.5. The Hall–Kier alpha value is -3.02. The number of methoxy groups -OCH3 is 2. The smallest absolute Gasteiger partial charge is 0.253 e. The molecule has 1 saturated heterocycles. The quantitative estimate of drug-likeness (QED) is 0.815. The molecule has 0 unspecified atom stereocenters. The first-order valence-electron chi connectivity index (χ1n) is 9.81. The summed E-state index contributed by atoms with van der Waals surface area (Å²) in [4.78, 5) is 27.8. The second kappa shape index (κ2) is 8.99. The van der Waals surface area contributed by atoms with Crippen molar-refractivity contribution in [2.75, 3.05) is 27.3 Å². The molecule has 0 radical (unpaired) electrons. The number of benzene rings is 2. The topological polar surface area (TPSA) is 67.9 Å². The van der Waals surface area contributed by atoms with E-state index in [1.54, 1.807) is 31.3 Å². The van der Waals surface area contributed by atoms with Gasteiger partial charge in [0.1, 0.15) is 11.5 Å². The fraction of sp³-hybridized carbons (Fsp3) is 0.391. The van der Waals surface area contributed by atoms with Gasteiger partial charge < -0.3 is 19.7 Å². The molecule has 0 aliphatic carbocycles. The third kappa shape index (κ3) is 4.53. The molecule has 1 aliphatic rings. The van der Waals surface area contributed by atoms with E-state index in [0.29, 0.717) is 30.2 Å². The maximum Gasteiger partial charge on any atom is 0.253 e. The predicted molar refractivity (Wildman–Crippen MR) is 111 cm³/mol. The molecule has 1 fully saturated rings. The molecule has 3 rings (SSSR count). The van der Waals surface area contributed by atoms with Gasteiger partial charge in [-0.05, 0) is 44.2 Å². The molecule has 6 nitrogen and oxygen atoms in total. The second-order valence-corrected chi connectivity index (χ2v) is 7.56. The summed E-state index contributed by atoms with van der Waals surface area (Å²) < 4.78 is 10.9. The zero-order chi connectivity index (χ0) is 21.0. The van der Waals surface area contributed by atoms with Crippen molar-refractivity contribution in [2.45, 2.75) is 25.8 Å². The van der Waals surface area contributed by atoms with Crippen LogP contribution >= 0.6 is 0 Å². The van der Waals surface area contributed by atoms with Crippen molar-refractivity contribution in [3.63, 3.8) is 0 Å². The number of nitrogens with zero attached hydrogens (tertiary/aromatic N) is 1. The van der Waals surface area contributed by atoms with Gasteiger partial charge in [-0.25, -0.2) is 0 Å². The lowest BCUT2D eigenvalue weighted by Gasteiger charge is -2.22. The molecule has 1 heterocycles. The fourth-order valence-corrected chi connectivity index (χ4v) is 3.83. The number of carbonyl (C=O) groups is 2. The highest BCUT2D eigenvalue weighted by Crippen LogP contribution is 2.40. The van der Waals surface area contributed by atoms with Gasteiger partial charge in [0.05, 0.1) is 20.1 Å². The molecule has 0 saturated carbocycles. The van der Waals surface area contributed by atoms with E-state index < -0.39 is 0 Å². The lowest BCUT2D eigenvalue weighted by atomic mass is 9.87. The molecule has 0 bridgehead atoms. The van der Waals surface area contributed by atoms with Crippen LogP contribution in [-0.4, -0.2) is 50.1 Å². The lowest BCUT2D eigenvalue weighted by molar-refractivity contribution is -0.125. The first kappa shape index (κ1) is 20.7. The van der Waals surface area contributed by atoms with Crippen molar-refractivity contribution in [1.29, 1.82) is 0 Å². The summed E-state index contributed by atoms with van der Waals surface area (Å²) in [5.74, 6) is 0.692. The van der Waals surface area contributed by atoms with Gasteiger partial charge in [-0.2, -0.15) is 0 Å². The van der Waals surface area contributed by atoms with Gasteiger partial charge >= 0.3 is 0 Å². The number of carbonyl (C=O) groups excluding carboxylic acids is 2. The number of nitrogens with one attached hydrogen (secondary N) is 1. The van der Waals surface area contributed by atoms with E-state index in [1.165, 1.54) is 0 Å². The Balaban J connectivity index is 1.96. The van der Waals surface area contributed by atoms with Crippen LogP contribution in [0.1, 0.15) is 35.7 Å². The van der Waals surface area contributed by atoms with Crippen LogP contribution in [0, 0.1) is 5.92 Å². The maximum absolute atomic E-state index is 13.0. The molecule has 2 aromatic carbocycles. The Morgan fingerprint density at radius 2 is 1.76 bits per heavy atom. The highest BCUT2D eigenvalue weighted by molar-refractivity contribution is 5.95. The van der Waals surface area contributed by atoms with Crippen molar-refractivity contribution >= 4 is 11.8 Å². The van der Waals surface area contributed by atoms with Crippen molar-refractivity contribution in [1.82, 2.24) is 10.2 Å². The van der Waals surface area contributed by atoms with Crippen LogP contribution in [0.25, 0.3) is 0 Å². The van der Waals surface area contributed by atoms with Gasteiger partial charge in [-0.1, -0.05) is 18.2 Å². The normalized spacial score (nSPS) is 18.6. The minimum absolute atomic E-state index is 0.0224. The van der Waals surface area contributed by atoms with Crippen LogP contribution in [0.3, 0.4) is 0 Å². The van der Waals surface area contributed by atoms with E-state index >= 15 is 0 Å². The number of rotatable bonds is 6. The Kier molecular flexibility index (Phi) is 6.42. The van der Waals surface area contributed by atoms with Gasteiger partial charge in [0, 0.05) is 36.2 Å². The molecule has 2 aromatic rings. The first-order valence-corrected chi connectivity index (χ1v) is 9.81. The molecule has 0 aromatic heterocycles. The van der Waals surface area contributed by atoms with Crippen LogP contribution in [-0.2, 0) is 4.79 Å². The molecular weight excluding hydrogens is 368 g/mol. The summed E-state index contributed by atoms with van der Waals surface area (Å²) >= 11 is 0. The van der Waals surface area contributed by atoms with E-state index in [9.17, 15) is 9.59 Å². The van der Waals surface area contributed by atoms with Crippen LogP contribution in [0.2, 0.25) is 0 Å². The molecule has 1 aliphatic heterocycles. The average Bonchev–Trinajstić information content (AvgIpc) is 3.18. The van der Waals surface area contributed by atoms with Gasteiger partial charge in [0.15, 0.2) is 0 Å². The third-order valence-electron chi connectivity index (χ3n) is 5.23. The van der Waals surface area contributed by atoms with Crippen molar-refractivity contribution in [3.05, 3.63) is 59.7 Å². The van der Waals surface area contributed by atoms with Crippen molar-refractivity contribution in [3.8, 4) is 11.5 Å². The Bertz CT molecular complexity index is 866. The van der Waals surface area contributed by atoms with Gasteiger partial charge in [0.25, 0.3) is 5.91 Å². The molecule has 1 N–H and O–H groups in total. The summed E-state index contributed by atoms with van der Waals surface area (Å²) in [6, 6.07) is 14.7. The molecular formula is C23H28N2O4. The zero-order valence-electron chi connectivity index (χ0n) is 17.3. The molecule has 2 atom stereocenters. The van der Waals surface area contributed by atoms with Crippen molar-refractivity contribution < 1.29 is 19.1 Å². The minimum atomic E-state index is -0.369. The van der Waals surface area contributed by atoms with Crippen LogP contribution in [0.4, 0.5) is 0 Å². The summed E-state index contributed by atoms with van der Waals surface area (Å²) in [6.07, 6.45) is 0. The van der Waals surface area contributed by atoms with E-state index in [-0.39, 0.29) is 29.7 Å². The average molecular weight is 396 g/mol. The lowest BCUT2D eigenvalue weighted by Crippen LogP contribution is -2.39. The minimum Gasteiger partial charge on any atom is -0.497 e. The van der Waals surface area contributed by atoms with E-state index in [0.717, 1.165) is 5.56 Å². The molecule has 2 amide bonds.